The van der Waals surface area contributed by atoms with Crippen molar-refractivity contribution in [1.29, 1.82) is 0 Å². The van der Waals surface area contributed by atoms with E-state index in [1.807, 2.05) is 57.6 Å². The smallest absolute Gasteiger partial charge is 0.362 e. The fraction of sp³-hybridized carbons (Fsp3) is 0.648. The Bertz CT molecular complexity index is 1330. The highest BCUT2D eigenvalue weighted by atomic mass is 16.6. The summed E-state index contributed by atoms with van der Waals surface area (Å²) >= 11 is 0. The van der Waals surface area contributed by atoms with Crippen LogP contribution in [-0.4, -0.2) is 80.6 Å². The molecule has 0 aromatic carbocycles. The van der Waals surface area contributed by atoms with Gasteiger partial charge in [0.2, 0.25) is 0 Å². The molecular weight excluding hydrogens is 775 g/mol. The molecule has 0 aliphatic rings. The van der Waals surface area contributed by atoms with Gasteiger partial charge in [-0.05, 0) is 64.2 Å². The minimum absolute atomic E-state index is 0.0434. The van der Waals surface area contributed by atoms with E-state index in [1.165, 1.54) is 57.8 Å². The maximum atomic E-state index is 12.8. The summed E-state index contributed by atoms with van der Waals surface area (Å²) in [5.74, 6) is -1.51. The Morgan fingerprint density at radius 1 is 0.516 bits per heavy atom. The maximum absolute atomic E-state index is 12.8. The molecule has 1 N–H and O–H groups in total. The molecule has 8 heteroatoms. The molecule has 62 heavy (non-hydrogen) atoms. The van der Waals surface area contributed by atoms with Crippen LogP contribution in [0.15, 0.2) is 97.2 Å². The van der Waals surface area contributed by atoms with Crippen molar-refractivity contribution in [2.75, 3.05) is 41.0 Å². The molecule has 0 amide bonds. The van der Waals surface area contributed by atoms with Gasteiger partial charge in [-0.15, -0.1) is 0 Å². The van der Waals surface area contributed by atoms with Crippen LogP contribution in [0.3, 0.4) is 0 Å². The van der Waals surface area contributed by atoms with E-state index in [1.54, 1.807) is 0 Å². The van der Waals surface area contributed by atoms with Crippen LogP contribution in [0.2, 0.25) is 0 Å². The number of carboxylic acids is 1. The highest BCUT2D eigenvalue weighted by molar-refractivity contribution is 5.72. The number of hydrogen-bond donors (Lipinski definition) is 1. The van der Waals surface area contributed by atoms with Gasteiger partial charge in [0.05, 0.1) is 34.4 Å². The summed E-state index contributed by atoms with van der Waals surface area (Å²) in [7, 11) is 5.51. The number of carbonyl (C=O) groups excluding carboxylic acids is 2. The van der Waals surface area contributed by atoms with E-state index in [4.69, 9.17) is 14.2 Å². The van der Waals surface area contributed by atoms with E-state index in [-0.39, 0.29) is 36.2 Å². The quantitative estimate of drug-likeness (QED) is 0.0214. The summed E-state index contributed by atoms with van der Waals surface area (Å²) < 4.78 is 17.3. The second kappa shape index (κ2) is 43.9. The highest BCUT2D eigenvalue weighted by Crippen LogP contribution is 2.14. The van der Waals surface area contributed by atoms with Crippen LogP contribution >= 0.6 is 0 Å². The van der Waals surface area contributed by atoms with Gasteiger partial charge < -0.3 is 23.8 Å². The van der Waals surface area contributed by atoms with Crippen LogP contribution < -0.4 is 0 Å². The van der Waals surface area contributed by atoms with Crippen LogP contribution in [0.4, 0.5) is 0 Å². The zero-order valence-electron chi connectivity index (χ0n) is 40.0. The molecular formula is C54H90NO7+. The number of hydrogen-bond acceptors (Lipinski definition) is 6. The number of carbonyl (C=O) groups is 3. The van der Waals surface area contributed by atoms with E-state index < -0.39 is 18.1 Å². The molecule has 0 heterocycles. The highest BCUT2D eigenvalue weighted by Gasteiger charge is 2.31. The van der Waals surface area contributed by atoms with Crippen LogP contribution in [0.25, 0.3) is 0 Å². The van der Waals surface area contributed by atoms with E-state index in [0.29, 0.717) is 19.3 Å². The van der Waals surface area contributed by atoms with Crippen LogP contribution in [0.5, 0.6) is 0 Å². The van der Waals surface area contributed by atoms with E-state index in [9.17, 15) is 19.5 Å². The molecule has 0 aliphatic heterocycles. The predicted octanol–water partition coefficient (Wildman–Crippen LogP) is 13.9. The zero-order chi connectivity index (χ0) is 45.6. The second-order valence-electron chi connectivity index (χ2n) is 17.1. The van der Waals surface area contributed by atoms with Crippen LogP contribution in [0.1, 0.15) is 174 Å². The number of esters is 2. The maximum Gasteiger partial charge on any atom is 0.362 e. The topological polar surface area (TPSA) is 99.1 Å². The van der Waals surface area contributed by atoms with Crippen molar-refractivity contribution in [1.82, 2.24) is 0 Å². The Hall–Kier alpha value is -3.75. The fourth-order valence-electron chi connectivity index (χ4n) is 6.61. The summed E-state index contributed by atoms with van der Waals surface area (Å²) in [5.41, 5.74) is 0. The third-order valence-corrected chi connectivity index (χ3v) is 10.3. The minimum atomic E-state index is -0.884. The Morgan fingerprint density at radius 2 is 0.968 bits per heavy atom. The number of nitrogens with zero attached hydrogens (tertiary/aromatic N) is 1. The van der Waals surface area contributed by atoms with Crippen molar-refractivity contribution in [3.63, 3.8) is 0 Å². The van der Waals surface area contributed by atoms with Gasteiger partial charge in [0.15, 0.2) is 12.1 Å². The van der Waals surface area contributed by atoms with Gasteiger partial charge in [0.1, 0.15) is 6.61 Å². The lowest BCUT2D eigenvalue weighted by atomic mass is 10.1. The number of rotatable bonds is 42. The third kappa shape index (κ3) is 41.6. The molecule has 0 saturated carbocycles. The number of likely N-dealkylation sites (N-methyl/N-ethyl adjacent to an activating group) is 1. The van der Waals surface area contributed by atoms with Gasteiger partial charge >= 0.3 is 17.9 Å². The standard InChI is InChI=1S/C54H89NO7/c1-6-8-10-12-14-16-18-20-22-24-26-27-29-30-32-34-36-38-40-42-44-52(56)61-49-50(48-60-47-46-51(54(58)59)55(3,4)5)62-53(57)45-43-41-39-37-35-33-31-28-25-23-21-19-17-15-13-11-9-7-2/h8,10-11,13-17,19-23,25,28,31,50-51H,6-7,9,12,18,24,26-27,29-30,32-49H2,1-5H3/p+1/b10-8+,13-11+,16-14+,17-15+,21-19+,22-20+,25-23+,31-28+. The van der Waals surface area contributed by atoms with Crippen molar-refractivity contribution in [2.24, 2.45) is 0 Å². The van der Waals surface area contributed by atoms with Crippen molar-refractivity contribution in [2.45, 2.75) is 187 Å². The monoisotopic (exact) mass is 865 g/mol. The number of allylic oxidation sites excluding steroid dienone is 16. The Kier molecular flexibility index (Phi) is 41.2. The largest absolute Gasteiger partial charge is 0.477 e. The first-order valence-electron chi connectivity index (χ1n) is 24.3. The molecule has 0 aromatic heterocycles. The first kappa shape index (κ1) is 58.2. The lowest BCUT2D eigenvalue weighted by Gasteiger charge is -2.31. The Labute approximate surface area is 379 Å². The minimum Gasteiger partial charge on any atom is -0.477 e. The average molecular weight is 865 g/mol. The summed E-state index contributed by atoms with van der Waals surface area (Å²) in [6.07, 6.45) is 58.7. The zero-order valence-corrected chi connectivity index (χ0v) is 40.0. The van der Waals surface area contributed by atoms with E-state index in [0.717, 1.165) is 83.5 Å². The molecule has 2 unspecified atom stereocenters. The number of carboxylic acid groups (broad SMARTS) is 1. The van der Waals surface area contributed by atoms with Gasteiger partial charge in [-0.2, -0.15) is 0 Å². The lowest BCUT2D eigenvalue weighted by molar-refractivity contribution is -0.887. The summed E-state index contributed by atoms with van der Waals surface area (Å²) in [6.45, 7) is 4.50. The molecule has 0 spiro atoms. The number of quaternary nitrogens is 1. The van der Waals surface area contributed by atoms with Crippen LogP contribution in [-0.2, 0) is 28.6 Å². The van der Waals surface area contributed by atoms with E-state index >= 15 is 0 Å². The molecule has 0 bridgehead atoms. The molecule has 0 aromatic rings. The van der Waals surface area contributed by atoms with Crippen molar-refractivity contribution in [3.05, 3.63) is 97.2 Å². The summed E-state index contributed by atoms with van der Waals surface area (Å²) in [4.78, 5) is 37.1. The number of aliphatic carboxylic acids is 1. The van der Waals surface area contributed by atoms with Gasteiger partial charge in [0.25, 0.3) is 0 Å². The SMILES string of the molecule is CC/C=C/C/C=C/C/C=C/CCCCCCCCCCCCC(=O)OCC(COCCC(C(=O)O)[N+](C)(C)C)OC(=O)CCCCCCC/C=C/C=C/C=C/C=C/C=C/CCC. The predicted molar refractivity (Wildman–Crippen MR) is 261 cm³/mol. The average Bonchev–Trinajstić information content (AvgIpc) is 3.23. The summed E-state index contributed by atoms with van der Waals surface area (Å²) in [6, 6.07) is -0.626. The Morgan fingerprint density at radius 3 is 1.48 bits per heavy atom. The molecule has 0 saturated heterocycles. The lowest BCUT2D eigenvalue weighted by Crippen LogP contribution is -2.50. The second-order valence-corrected chi connectivity index (χ2v) is 17.1. The number of unbranched alkanes of at least 4 members (excludes halogenated alkanes) is 16. The molecule has 352 valence electrons. The Balaban J connectivity index is 4.35. The van der Waals surface area contributed by atoms with Crippen LogP contribution in [0, 0.1) is 0 Å². The van der Waals surface area contributed by atoms with Gasteiger partial charge in [-0.25, -0.2) is 4.79 Å². The van der Waals surface area contributed by atoms with Gasteiger partial charge in [0, 0.05) is 19.3 Å². The third-order valence-electron chi connectivity index (χ3n) is 10.3. The number of ether oxygens (including phenoxy) is 3. The normalized spacial score (nSPS) is 13.8. The van der Waals surface area contributed by atoms with Gasteiger partial charge in [-0.3, -0.25) is 9.59 Å². The first-order chi connectivity index (χ1) is 30.1. The molecule has 0 radical (unpaired) electrons. The molecule has 0 aliphatic carbocycles. The fourth-order valence-corrected chi connectivity index (χ4v) is 6.61. The van der Waals surface area contributed by atoms with E-state index in [2.05, 4.69) is 74.6 Å². The first-order valence-corrected chi connectivity index (χ1v) is 24.3. The molecule has 8 nitrogen and oxygen atoms in total. The van der Waals surface area contributed by atoms with Crippen molar-refractivity contribution < 1.29 is 38.2 Å². The van der Waals surface area contributed by atoms with Crippen molar-refractivity contribution in [3.8, 4) is 0 Å². The van der Waals surface area contributed by atoms with Crippen molar-refractivity contribution >= 4 is 17.9 Å². The van der Waals surface area contributed by atoms with Gasteiger partial charge in [-0.1, -0.05) is 188 Å². The summed E-state index contributed by atoms with van der Waals surface area (Å²) in [5, 5.41) is 9.64. The molecule has 0 fully saturated rings. The molecule has 0 rings (SSSR count). The molecule has 2 atom stereocenters.